The lowest BCUT2D eigenvalue weighted by Gasteiger charge is -2.28. The first-order valence-electron chi connectivity index (χ1n) is 18.8. The third-order valence-electron chi connectivity index (χ3n) is 11.0. The van der Waals surface area contributed by atoms with E-state index in [0.717, 1.165) is 22.7 Å². The number of aromatic nitrogens is 1. The molecule has 0 amide bonds. The average molecular weight is 719 g/mol. The van der Waals surface area contributed by atoms with Gasteiger partial charge in [0.05, 0.1) is 16.7 Å². The monoisotopic (exact) mass is 718 g/mol. The number of fused-ring (bicyclic) bond motifs is 8. The Morgan fingerprint density at radius 3 is 1.91 bits per heavy atom. The Morgan fingerprint density at radius 1 is 0.400 bits per heavy atom. The maximum Gasteiger partial charge on any atom is 0.0542 e. The van der Waals surface area contributed by atoms with Crippen molar-refractivity contribution in [2.24, 2.45) is 0 Å². The van der Waals surface area contributed by atoms with Crippen LogP contribution in [0, 0.1) is 0 Å². The van der Waals surface area contributed by atoms with Crippen LogP contribution in [0.25, 0.3) is 80.7 Å². The standard InChI is InChI=1S/C52H34N2S/c1-3-14-35(15-4-1)41-19-7-10-23-47(41)53(40-31-33-49-46(34-40)43-20-8-11-24-48(43)54(49)38-17-5-2-6-18-38)39-29-26-36(27-30-39)42-22-13-16-37-28-32-45-44-21-9-12-25-50(44)55-52(45)51(37)42/h1-34H. The number of benzene rings is 9. The first-order chi connectivity index (χ1) is 27.3. The topological polar surface area (TPSA) is 8.17 Å². The molecule has 0 fully saturated rings. The van der Waals surface area contributed by atoms with E-state index in [4.69, 9.17) is 0 Å². The number of hydrogen-bond donors (Lipinski definition) is 0. The van der Waals surface area contributed by atoms with Crippen LogP contribution in [0.3, 0.4) is 0 Å². The number of anilines is 3. The Hall–Kier alpha value is -6.94. The van der Waals surface area contributed by atoms with Crippen LogP contribution >= 0.6 is 11.3 Å². The Morgan fingerprint density at radius 2 is 1.05 bits per heavy atom. The molecule has 3 heteroatoms. The summed E-state index contributed by atoms with van der Waals surface area (Å²) in [5, 5.41) is 7.69. The Bertz CT molecular complexity index is 3190. The molecule has 0 saturated carbocycles. The molecular weight excluding hydrogens is 685 g/mol. The van der Waals surface area contributed by atoms with Crippen molar-refractivity contribution in [1.82, 2.24) is 4.57 Å². The van der Waals surface area contributed by atoms with E-state index >= 15 is 0 Å². The molecule has 55 heavy (non-hydrogen) atoms. The lowest BCUT2D eigenvalue weighted by molar-refractivity contribution is 1.18. The molecule has 2 nitrogen and oxygen atoms in total. The molecule has 2 heterocycles. The van der Waals surface area contributed by atoms with Crippen LogP contribution in [0.2, 0.25) is 0 Å². The highest BCUT2D eigenvalue weighted by atomic mass is 32.1. The van der Waals surface area contributed by atoms with Crippen molar-refractivity contribution >= 4 is 81.1 Å². The van der Waals surface area contributed by atoms with Crippen LogP contribution in [0.1, 0.15) is 0 Å². The second kappa shape index (κ2) is 12.9. The molecule has 0 bridgehead atoms. The highest BCUT2D eigenvalue weighted by Crippen LogP contribution is 2.45. The summed E-state index contributed by atoms with van der Waals surface area (Å²) in [4.78, 5) is 2.42. The molecule has 0 atom stereocenters. The second-order valence-electron chi connectivity index (χ2n) is 14.1. The molecule has 0 aliphatic carbocycles. The number of thiophene rings is 1. The largest absolute Gasteiger partial charge is 0.310 e. The molecule has 0 aliphatic heterocycles. The maximum absolute atomic E-state index is 2.42. The van der Waals surface area contributed by atoms with E-state index in [1.807, 2.05) is 11.3 Å². The Balaban J connectivity index is 1.11. The molecule has 0 saturated heterocycles. The molecule has 9 aromatic carbocycles. The van der Waals surface area contributed by atoms with Gasteiger partial charge in [-0.2, -0.15) is 0 Å². The smallest absolute Gasteiger partial charge is 0.0542 e. The minimum atomic E-state index is 1.10. The van der Waals surface area contributed by atoms with Gasteiger partial charge < -0.3 is 9.47 Å². The minimum absolute atomic E-state index is 1.10. The van der Waals surface area contributed by atoms with Crippen LogP contribution < -0.4 is 4.90 Å². The van der Waals surface area contributed by atoms with Gasteiger partial charge in [0, 0.05) is 59.0 Å². The molecule has 11 rings (SSSR count). The van der Waals surface area contributed by atoms with Gasteiger partial charge in [-0.15, -0.1) is 11.3 Å². The molecular formula is C52H34N2S. The maximum atomic E-state index is 2.42. The van der Waals surface area contributed by atoms with E-state index in [0.29, 0.717) is 0 Å². The predicted molar refractivity (Wildman–Crippen MR) is 237 cm³/mol. The summed E-state index contributed by atoms with van der Waals surface area (Å²) in [6, 6.07) is 75.1. The van der Waals surface area contributed by atoms with Crippen molar-refractivity contribution in [3.63, 3.8) is 0 Å². The fourth-order valence-electron chi connectivity index (χ4n) is 8.50. The van der Waals surface area contributed by atoms with Crippen molar-refractivity contribution < 1.29 is 0 Å². The normalized spacial score (nSPS) is 11.6. The predicted octanol–water partition coefficient (Wildman–Crippen LogP) is 15.1. The van der Waals surface area contributed by atoms with Gasteiger partial charge in [0.25, 0.3) is 0 Å². The first-order valence-corrected chi connectivity index (χ1v) is 19.6. The van der Waals surface area contributed by atoms with Gasteiger partial charge in [-0.05, 0) is 82.7 Å². The first kappa shape index (κ1) is 31.6. The zero-order valence-electron chi connectivity index (χ0n) is 29.9. The van der Waals surface area contributed by atoms with Gasteiger partial charge in [-0.3, -0.25) is 0 Å². The van der Waals surface area contributed by atoms with Crippen molar-refractivity contribution in [3.8, 4) is 27.9 Å². The molecule has 258 valence electrons. The van der Waals surface area contributed by atoms with Gasteiger partial charge in [0.15, 0.2) is 0 Å². The highest BCUT2D eigenvalue weighted by molar-refractivity contribution is 7.26. The SMILES string of the molecule is c1ccc(-c2ccccc2N(c2ccc(-c3cccc4ccc5c6ccccc6sc5c34)cc2)c2ccc3c(c2)c2ccccc2n3-c2ccccc2)cc1. The van der Waals surface area contributed by atoms with Crippen molar-refractivity contribution in [3.05, 3.63) is 206 Å². The van der Waals surface area contributed by atoms with Crippen LogP contribution in [0.5, 0.6) is 0 Å². The van der Waals surface area contributed by atoms with Crippen LogP contribution in [0.4, 0.5) is 17.1 Å². The highest BCUT2D eigenvalue weighted by Gasteiger charge is 2.20. The van der Waals surface area contributed by atoms with E-state index in [1.54, 1.807) is 0 Å². The number of hydrogen-bond acceptors (Lipinski definition) is 2. The fourth-order valence-corrected chi connectivity index (χ4v) is 9.77. The summed E-state index contributed by atoms with van der Waals surface area (Å²) in [6.07, 6.45) is 0. The zero-order valence-corrected chi connectivity index (χ0v) is 30.7. The lowest BCUT2D eigenvalue weighted by Crippen LogP contribution is -2.11. The number of nitrogens with zero attached hydrogens (tertiary/aromatic N) is 2. The van der Waals surface area contributed by atoms with Crippen molar-refractivity contribution in [2.45, 2.75) is 0 Å². The van der Waals surface area contributed by atoms with Gasteiger partial charge in [0.1, 0.15) is 0 Å². The molecule has 2 aromatic heterocycles. The van der Waals surface area contributed by atoms with Gasteiger partial charge in [-0.1, -0.05) is 146 Å². The molecule has 0 unspecified atom stereocenters. The summed E-state index contributed by atoms with van der Waals surface area (Å²) in [5.41, 5.74) is 11.7. The van der Waals surface area contributed by atoms with Gasteiger partial charge in [0.2, 0.25) is 0 Å². The zero-order chi connectivity index (χ0) is 36.3. The van der Waals surface area contributed by atoms with Crippen molar-refractivity contribution in [1.29, 1.82) is 0 Å². The summed E-state index contributed by atoms with van der Waals surface area (Å²) in [7, 11) is 0. The van der Waals surface area contributed by atoms with Gasteiger partial charge >= 0.3 is 0 Å². The molecule has 0 N–H and O–H groups in total. The summed E-state index contributed by atoms with van der Waals surface area (Å²) >= 11 is 1.89. The minimum Gasteiger partial charge on any atom is -0.310 e. The quantitative estimate of drug-likeness (QED) is 0.166. The molecule has 11 aromatic rings. The summed E-state index contributed by atoms with van der Waals surface area (Å²) < 4.78 is 5.05. The molecule has 0 aliphatic rings. The Kier molecular flexibility index (Phi) is 7.39. The summed E-state index contributed by atoms with van der Waals surface area (Å²) in [5.74, 6) is 0. The van der Waals surface area contributed by atoms with Crippen LogP contribution in [-0.2, 0) is 0 Å². The van der Waals surface area contributed by atoms with Gasteiger partial charge in [-0.25, -0.2) is 0 Å². The average Bonchev–Trinajstić information content (AvgIpc) is 3.80. The van der Waals surface area contributed by atoms with E-state index < -0.39 is 0 Å². The molecule has 0 radical (unpaired) electrons. The third-order valence-corrected chi connectivity index (χ3v) is 12.2. The lowest BCUT2D eigenvalue weighted by atomic mass is 9.96. The van der Waals surface area contributed by atoms with Crippen LogP contribution in [-0.4, -0.2) is 4.57 Å². The Labute approximate surface area is 323 Å². The fraction of sp³-hybridized carbons (Fsp3) is 0. The number of rotatable bonds is 6. The van der Waals surface area contributed by atoms with Crippen molar-refractivity contribution in [2.75, 3.05) is 4.90 Å². The van der Waals surface area contributed by atoms with E-state index in [1.165, 1.54) is 75.0 Å². The molecule has 0 spiro atoms. The number of para-hydroxylation sites is 3. The third kappa shape index (κ3) is 5.16. The second-order valence-corrected chi connectivity index (χ2v) is 15.2. The van der Waals surface area contributed by atoms with E-state index in [9.17, 15) is 0 Å². The van der Waals surface area contributed by atoms with E-state index in [2.05, 4.69) is 216 Å². The summed E-state index contributed by atoms with van der Waals surface area (Å²) in [6.45, 7) is 0. The van der Waals surface area contributed by atoms with Crippen LogP contribution in [0.15, 0.2) is 206 Å². The van der Waals surface area contributed by atoms with E-state index in [-0.39, 0.29) is 0 Å².